The molecular formula is C22H22ClN9O3S. The van der Waals surface area contributed by atoms with Crippen LogP contribution in [0.5, 0.6) is 0 Å². The summed E-state index contributed by atoms with van der Waals surface area (Å²) in [6, 6.07) is 13.0. The van der Waals surface area contributed by atoms with Gasteiger partial charge in [0.15, 0.2) is 0 Å². The topological polar surface area (TPSA) is 152 Å². The van der Waals surface area contributed by atoms with E-state index in [0.29, 0.717) is 41.5 Å². The third-order valence-electron chi connectivity index (χ3n) is 4.90. The van der Waals surface area contributed by atoms with Crippen LogP contribution in [0, 0.1) is 10.1 Å². The van der Waals surface area contributed by atoms with Crippen LogP contribution < -0.4 is 16.0 Å². The van der Waals surface area contributed by atoms with Gasteiger partial charge in [-0.1, -0.05) is 53.7 Å². The first kappa shape index (κ1) is 25.1. The zero-order chi connectivity index (χ0) is 25.7. The Balaban J connectivity index is 1.70. The van der Waals surface area contributed by atoms with Crippen molar-refractivity contribution in [3.8, 4) is 0 Å². The van der Waals surface area contributed by atoms with Gasteiger partial charge in [-0.3, -0.25) is 14.9 Å². The molecule has 1 atom stereocenters. The van der Waals surface area contributed by atoms with Gasteiger partial charge in [0.1, 0.15) is 5.25 Å². The van der Waals surface area contributed by atoms with Crippen molar-refractivity contribution >= 4 is 58.3 Å². The van der Waals surface area contributed by atoms with Crippen molar-refractivity contribution < 1.29 is 9.72 Å². The monoisotopic (exact) mass is 527 g/mol. The lowest BCUT2D eigenvalue weighted by molar-refractivity contribution is -0.384. The highest BCUT2D eigenvalue weighted by atomic mass is 35.5. The van der Waals surface area contributed by atoms with Gasteiger partial charge in [0.25, 0.3) is 11.5 Å². The van der Waals surface area contributed by atoms with Gasteiger partial charge in [-0.15, -0.1) is 10.2 Å². The number of hydrogen-bond donors (Lipinski definition) is 3. The second-order valence-electron chi connectivity index (χ2n) is 7.37. The number of anilines is 3. The maximum Gasteiger partial charge on any atom is 0.271 e. The molecule has 186 valence electrons. The number of fused-ring (bicyclic) bond motifs is 1. The van der Waals surface area contributed by atoms with Crippen molar-refractivity contribution in [2.45, 2.75) is 24.3 Å². The molecule has 0 aliphatic carbocycles. The number of nitrogens with one attached hydrogen (secondary N) is 3. The molecule has 4 rings (SSSR count). The summed E-state index contributed by atoms with van der Waals surface area (Å²) in [5, 5.41) is 28.2. The van der Waals surface area contributed by atoms with Crippen LogP contribution in [0.15, 0.2) is 53.7 Å². The number of non-ortho nitro benzene ring substituents is 1. The number of nitro benzene ring substituents is 1. The minimum atomic E-state index is -0.757. The van der Waals surface area contributed by atoms with Gasteiger partial charge in [0.2, 0.25) is 23.0 Å². The number of rotatable bonds is 10. The predicted octanol–water partition coefficient (Wildman–Crippen LogP) is 4.42. The third kappa shape index (κ3) is 5.47. The first-order chi connectivity index (χ1) is 17.4. The summed E-state index contributed by atoms with van der Waals surface area (Å²) in [5.74, 6) is 0.825. The number of nitro groups is 1. The Kier molecular flexibility index (Phi) is 7.80. The Morgan fingerprint density at radius 2 is 1.86 bits per heavy atom. The van der Waals surface area contributed by atoms with E-state index in [1.54, 1.807) is 4.40 Å². The fourth-order valence-corrected chi connectivity index (χ4v) is 4.56. The van der Waals surface area contributed by atoms with E-state index in [2.05, 4.69) is 36.1 Å². The van der Waals surface area contributed by atoms with Gasteiger partial charge < -0.3 is 16.0 Å². The third-order valence-corrected chi connectivity index (χ3v) is 6.41. The van der Waals surface area contributed by atoms with E-state index >= 15 is 0 Å². The van der Waals surface area contributed by atoms with Crippen LogP contribution in [0.4, 0.5) is 23.3 Å². The first-order valence-corrected chi connectivity index (χ1v) is 12.2. The molecule has 0 aliphatic heterocycles. The van der Waals surface area contributed by atoms with Crippen molar-refractivity contribution in [1.29, 1.82) is 0 Å². The van der Waals surface area contributed by atoms with E-state index < -0.39 is 16.1 Å². The van der Waals surface area contributed by atoms with Crippen LogP contribution in [0.2, 0.25) is 5.02 Å². The van der Waals surface area contributed by atoms with E-state index in [1.165, 1.54) is 18.2 Å². The normalized spacial score (nSPS) is 11.8. The molecule has 1 amide bonds. The molecule has 2 aromatic heterocycles. The molecule has 0 radical (unpaired) electrons. The SMILES string of the molecule is CCNc1nc(NCC)n2c(S[C@@H](C(=O)Nc3ccc([N+](=O)[O-])cc3Cl)c3ccccc3)nnc2n1. The highest BCUT2D eigenvalue weighted by Crippen LogP contribution is 2.37. The lowest BCUT2D eigenvalue weighted by Gasteiger charge is -2.17. The lowest BCUT2D eigenvalue weighted by Crippen LogP contribution is -2.20. The van der Waals surface area contributed by atoms with E-state index in [0.717, 1.165) is 11.8 Å². The van der Waals surface area contributed by atoms with E-state index in [9.17, 15) is 14.9 Å². The average Bonchev–Trinajstić information content (AvgIpc) is 3.27. The van der Waals surface area contributed by atoms with Crippen LogP contribution in [0.1, 0.15) is 24.7 Å². The summed E-state index contributed by atoms with van der Waals surface area (Å²) in [7, 11) is 0. The Morgan fingerprint density at radius 1 is 1.11 bits per heavy atom. The average molecular weight is 528 g/mol. The van der Waals surface area contributed by atoms with Crippen molar-refractivity contribution in [2.24, 2.45) is 0 Å². The van der Waals surface area contributed by atoms with Gasteiger partial charge in [0.05, 0.1) is 15.6 Å². The number of halogens is 1. The highest BCUT2D eigenvalue weighted by molar-refractivity contribution is 8.00. The summed E-state index contributed by atoms with van der Waals surface area (Å²) >= 11 is 7.37. The van der Waals surface area contributed by atoms with Gasteiger partial charge in [-0.2, -0.15) is 9.97 Å². The van der Waals surface area contributed by atoms with Crippen LogP contribution in [-0.2, 0) is 4.79 Å². The number of thioether (sulfide) groups is 1. The minimum Gasteiger partial charge on any atom is -0.355 e. The summed E-state index contributed by atoms with van der Waals surface area (Å²) in [5.41, 5.74) is 0.798. The molecule has 14 heteroatoms. The molecule has 0 fully saturated rings. The molecule has 0 saturated heterocycles. The van der Waals surface area contributed by atoms with E-state index in [4.69, 9.17) is 11.6 Å². The second-order valence-corrected chi connectivity index (χ2v) is 8.85. The number of benzene rings is 2. The molecule has 0 saturated carbocycles. The van der Waals surface area contributed by atoms with Crippen LogP contribution >= 0.6 is 23.4 Å². The van der Waals surface area contributed by atoms with Gasteiger partial charge in [0, 0.05) is 25.2 Å². The molecular weight excluding hydrogens is 506 g/mol. The van der Waals surface area contributed by atoms with Gasteiger partial charge >= 0.3 is 0 Å². The summed E-state index contributed by atoms with van der Waals surface area (Å²) in [6.45, 7) is 5.11. The van der Waals surface area contributed by atoms with Crippen LogP contribution in [0.3, 0.4) is 0 Å². The van der Waals surface area contributed by atoms with Gasteiger partial charge in [-0.05, 0) is 25.5 Å². The maximum absolute atomic E-state index is 13.5. The largest absolute Gasteiger partial charge is 0.355 e. The molecule has 0 bridgehead atoms. The summed E-state index contributed by atoms with van der Waals surface area (Å²) in [6.07, 6.45) is 0. The molecule has 0 unspecified atom stereocenters. The number of aromatic nitrogens is 5. The smallest absolute Gasteiger partial charge is 0.271 e. The quantitative estimate of drug-likeness (QED) is 0.153. The molecule has 0 aliphatic rings. The number of hydrogen-bond acceptors (Lipinski definition) is 10. The Bertz CT molecular complexity index is 1400. The van der Waals surface area contributed by atoms with Crippen molar-refractivity contribution in [1.82, 2.24) is 24.6 Å². The fourth-order valence-electron chi connectivity index (χ4n) is 3.30. The predicted molar refractivity (Wildman–Crippen MR) is 139 cm³/mol. The summed E-state index contributed by atoms with van der Waals surface area (Å²) in [4.78, 5) is 32.8. The zero-order valence-corrected chi connectivity index (χ0v) is 20.9. The molecule has 0 spiro atoms. The molecule has 12 nitrogen and oxygen atoms in total. The number of carbonyl (C=O) groups is 1. The van der Waals surface area contributed by atoms with Gasteiger partial charge in [-0.25, -0.2) is 4.40 Å². The standard InChI is InChI=1S/C22H22ClN9O3S/c1-3-24-19-27-20(25-4-2)31-21(28-19)29-30-22(31)36-17(13-8-6-5-7-9-13)18(33)26-16-11-10-14(32(34)35)12-15(16)23/h5-12,17H,3-4H2,1-2H3,(H,26,33)(H2,24,25,27,28,29)/t17-/m1/s1. The molecule has 4 aromatic rings. The highest BCUT2D eigenvalue weighted by Gasteiger charge is 2.27. The summed E-state index contributed by atoms with van der Waals surface area (Å²) < 4.78 is 1.65. The number of nitrogens with zero attached hydrogens (tertiary/aromatic N) is 6. The zero-order valence-electron chi connectivity index (χ0n) is 19.3. The Hall–Kier alpha value is -3.97. The van der Waals surface area contributed by atoms with Crippen LogP contribution in [-0.4, -0.2) is 48.5 Å². The van der Waals surface area contributed by atoms with Crippen LogP contribution in [0.25, 0.3) is 5.78 Å². The molecule has 36 heavy (non-hydrogen) atoms. The van der Waals surface area contributed by atoms with E-state index in [-0.39, 0.29) is 16.4 Å². The van der Waals surface area contributed by atoms with Crippen molar-refractivity contribution in [3.05, 3.63) is 69.2 Å². The van der Waals surface area contributed by atoms with Crippen molar-refractivity contribution in [2.75, 3.05) is 29.0 Å². The lowest BCUT2D eigenvalue weighted by atomic mass is 10.1. The maximum atomic E-state index is 13.5. The Morgan fingerprint density at radius 3 is 2.53 bits per heavy atom. The molecule has 3 N–H and O–H groups in total. The fraction of sp³-hybridized carbons (Fsp3) is 0.227. The first-order valence-electron chi connectivity index (χ1n) is 11.0. The minimum absolute atomic E-state index is 0.0566. The number of amides is 1. The Labute approximate surface area is 215 Å². The van der Waals surface area contributed by atoms with E-state index in [1.807, 2.05) is 44.2 Å². The molecule has 2 aromatic carbocycles. The number of carbonyl (C=O) groups excluding carboxylic acids is 1. The molecule has 2 heterocycles. The second kappa shape index (κ2) is 11.2. The van der Waals surface area contributed by atoms with Crippen molar-refractivity contribution in [3.63, 3.8) is 0 Å².